The SMILES string of the molecule is CC(NC(=O)c1cc(C(F)(F)F)cc(C(F)(F)F)c1)c1ncnn1-c1ncccc1F.[HH]. The quantitative estimate of drug-likeness (QED) is 0.592. The molecule has 0 spiro atoms. The van der Waals surface area contributed by atoms with Gasteiger partial charge in [-0.25, -0.2) is 14.4 Å². The Hall–Kier alpha value is -3.51. The summed E-state index contributed by atoms with van der Waals surface area (Å²) in [6.45, 7) is 1.34. The number of amides is 1. The van der Waals surface area contributed by atoms with E-state index >= 15 is 0 Å². The van der Waals surface area contributed by atoms with Gasteiger partial charge in [0.15, 0.2) is 17.5 Å². The third kappa shape index (κ3) is 4.81. The summed E-state index contributed by atoms with van der Waals surface area (Å²) >= 11 is 0. The van der Waals surface area contributed by atoms with Crippen molar-refractivity contribution in [1.82, 2.24) is 25.1 Å². The summed E-state index contributed by atoms with van der Waals surface area (Å²) in [5.41, 5.74) is -4.11. The van der Waals surface area contributed by atoms with Crippen LogP contribution in [0.2, 0.25) is 0 Å². The van der Waals surface area contributed by atoms with Crippen molar-refractivity contribution in [2.24, 2.45) is 0 Å². The highest BCUT2D eigenvalue weighted by molar-refractivity contribution is 5.94. The molecule has 0 saturated heterocycles. The predicted octanol–water partition coefficient (Wildman–Crippen LogP) is 4.58. The molecule has 3 aromatic rings. The monoisotopic (exact) mass is 449 g/mol. The fourth-order valence-electron chi connectivity index (χ4n) is 2.67. The second-order valence-electron chi connectivity index (χ2n) is 6.33. The lowest BCUT2D eigenvalue weighted by Gasteiger charge is -2.17. The molecule has 1 aromatic carbocycles. The molecule has 0 aliphatic heterocycles. The van der Waals surface area contributed by atoms with Crippen LogP contribution >= 0.6 is 0 Å². The van der Waals surface area contributed by atoms with E-state index in [1.807, 2.05) is 0 Å². The van der Waals surface area contributed by atoms with Gasteiger partial charge in [-0.2, -0.15) is 36.1 Å². The van der Waals surface area contributed by atoms with Crippen molar-refractivity contribution in [1.29, 1.82) is 0 Å². The third-order valence-corrected chi connectivity index (χ3v) is 4.10. The lowest BCUT2D eigenvalue weighted by atomic mass is 10.0. The van der Waals surface area contributed by atoms with Crippen LogP contribution in [-0.4, -0.2) is 25.7 Å². The molecule has 166 valence electrons. The van der Waals surface area contributed by atoms with Crippen LogP contribution in [0, 0.1) is 5.82 Å². The summed E-state index contributed by atoms with van der Waals surface area (Å²) < 4.78 is 92.9. The van der Waals surface area contributed by atoms with E-state index in [2.05, 4.69) is 20.4 Å². The fraction of sp³-hybridized carbons (Fsp3) is 0.222. The number of nitrogens with one attached hydrogen (secondary N) is 1. The first kappa shape index (κ1) is 22.2. The van der Waals surface area contributed by atoms with Gasteiger partial charge in [0.2, 0.25) is 0 Å². The van der Waals surface area contributed by atoms with Gasteiger partial charge in [0.25, 0.3) is 5.91 Å². The van der Waals surface area contributed by atoms with Crippen LogP contribution in [0.15, 0.2) is 42.9 Å². The molecule has 0 aliphatic rings. The molecule has 1 amide bonds. The van der Waals surface area contributed by atoms with Crippen LogP contribution < -0.4 is 5.32 Å². The summed E-state index contributed by atoms with van der Waals surface area (Å²) in [4.78, 5) is 20.1. The zero-order chi connectivity index (χ0) is 23.0. The number of aromatic nitrogens is 4. The molecule has 0 aliphatic carbocycles. The van der Waals surface area contributed by atoms with E-state index in [0.717, 1.165) is 17.1 Å². The zero-order valence-corrected chi connectivity index (χ0v) is 15.5. The van der Waals surface area contributed by atoms with Gasteiger partial charge < -0.3 is 5.32 Å². The first-order valence-electron chi connectivity index (χ1n) is 8.49. The number of benzene rings is 1. The summed E-state index contributed by atoms with van der Waals surface area (Å²) in [7, 11) is 0. The third-order valence-electron chi connectivity index (χ3n) is 4.10. The lowest BCUT2D eigenvalue weighted by Crippen LogP contribution is -2.29. The van der Waals surface area contributed by atoms with Crippen molar-refractivity contribution in [2.45, 2.75) is 25.3 Å². The standard InChI is InChI=1S/C18H12F7N5O.H2/c1-9(14-27-8-28-30(14)15-13(19)3-2-4-26-15)29-16(31)10-5-11(17(20,21)22)7-12(6-10)18(23,24)25;/h2-9H,1H3,(H,29,31);1H. The van der Waals surface area contributed by atoms with Crippen molar-refractivity contribution in [3.05, 3.63) is 71.2 Å². The van der Waals surface area contributed by atoms with E-state index in [9.17, 15) is 35.5 Å². The van der Waals surface area contributed by atoms with E-state index in [4.69, 9.17) is 0 Å². The number of hydrogen-bond acceptors (Lipinski definition) is 4. The average molecular weight is 449 g/mol. The normalized spacial score (nSPS) is 13.2. The van der Waals surface area contributed by atoms with Crippen LogP contribution in [0.5, 0.6) is 0 Å². The smallest absolute Gasteiger partial charge is 0.342 e. The molecule has 0 saturated carbocycles. The molecule has 1 N–H and O–H groups in total. The van der Waals surface area contributed by atoms with Crippen LogP contribution in [-0.2, 0) is 12.4 Å². The highest BCUT2D eigenvalue weighted by Crippen LogP contribution is 2.36. The summed E-state index contributed by atoms with van der Waals surface area (Å²) in [6.07, 6.45) is -7.90. The molecule has 13 heteroatoms. The van der Waals surface area contributed by atoms with Gasteiger partial charge in [-0.3, -0.25) is 4.79 Å². The maximum absolute atomic E-state index is 14.0. The Kier molecular flexibility index (Phi) is 5.70. The molecule has 1 unspecified atom stereocenters. The number of rotatable bonds is 4. The predicted molar refractivity (Wildman–Crippen MR) is 93.6 cm³/mol. The molecule has 0 radical (unpaired) electrons. The highest BCUT2D eigenvalue weighted by atomic mass is 19.4. The Bertz CT molecular complexity index is 1080. The van der Waals surface area contributed by atoms with Crippen LogP contribution in [0.4, 0.5) is 30.7 Å². The molecular formula is C18H14F7N5O. The maximum Gasteiger partial charge on any atom is 0.416 e. The van der Waals surface area contributed by atoms with E-state index in [1.165, 1.54) is 19.2 Å². The number of carbonyl (C=O) groups excluding carboxylic acids is 1. The van der Waals surface area contributed by atoms with Crippen LogP contribution in [0.1, 0.15) is 41.7 Å². The Balaban J connectivity index is 0.00000363. The number of carbonyl (C=O) groups is 1. The molecule has 2 aromatic heterocycles. The second kappa shape index (κ2) is 7.96. The van der Waals surface area contributed by atoms with Crippen molar-refractivity contribution < 1.29 is 37.0 Å². The molecule has 0 fully saturated rings. The Morgan fingerprint density at radius 2 is 1.68 bits per heavy atom. The molecule has 0 bridgehead atoms. The largest absolute Gasteiger partial charge is 0.416 e. The minimum Gasteiger partial charge on any atom is -0.342 e. The lowest BCUT2D eigenvalue weighted by molar-refractivity contribution is -0.143. The molecule has 31 heavy (non-hydrogen) atoms. The molecule has 6 nitrogen and oxygen atoms in total. The minimum atomic E-state index is -5.10. The van der Waals surface area contributed by atoms with Crippen molar-refractivity contribution in [3.8, 4) is 5.82 Å². The van der Waals surface area contributed by atoms with Crippen molar-refractivity contribution in [2.75, 3.05) is 0 Å². The zero-order valence-electron chi connectivity index (χ0n) is 15.5. The van der Waals surface area contributed by atoms with Crippen molar-refractivity contribution in [3.63, 3.8) is 0 Å². The van der Waals surface area contributed by atoms with Gasteiger partial charge >= 0.3 is 12.4 Å². The molecular weight excluding hydrogens is 435 g/mol. The van der Waals surface area contributed by atoms with Crippen LogP contribution in [0.25, 0.3) is 5.82 Å². The second-order valence-corrected chi connectivity index (χ2v) is 6.33. The number of alkyl halides is 6. The molecule has 1 atom stereocenters. The Labute approximate surface area is 171 Å². The van der Waals surface area contributed by atoms with E-state index in [-0.39, 0.29) is 19.1 Å². The number of halogens is 7. The van der Waals surface area contributed by atoms with Gasteiger partial charge in [-0.05, 0) is 37.3 Å². The number of hydrogen-bond donors (Lipinski definition) is 1. The van der Waals surface area contributed by atoms with Crippen LogP contribution in [0.3, 0.4) is 0 Å². The van der Waals surface area contributed by atoms with Crippen molar-refractivity contribution >= 4 is 5.91 Å². The summed E-state index contributed by atoms with van der Waals surface area (Å²) in [6, 6.07) is 1.88. The first-order chi connectivity index (χ1) is 14.4. The maximum atomic E-state index is 14.0. The van der Waals surface area contributed by atoms with Gasteiger partial charge in [0.05, 0.1) is 17.2 Å². The Morgan fingerprint density at radius 3 is 2.23 bits per heavy atom. The van der Waals surface area contributed by atoms with Gasteiger partial charge in [-0.15, -0.1) is 0 Å². The number of pyridine rings is 1. The van der Waals surface area contributed by atoms with Gasteiger partial charge in [-0.1, -0.05) is 0 Å². The Morgan fingerprint density at radius 1 is 1.06 bits per heavy atom. The fourth-order valence-corrected chi connectivity index (χ4v) is 2.67. The number of nitrogens with zero attached hydrogens (tertiary/aromatic N) is 4. The topological polar surface area (TPSA) is 72.7 Å². The first-order valence-corrected chi connectivity index (χ1v) is 8.49. The average Bonchev–Trinajstić information content (AvgIpc) is 3.16. The van der Waals surface area contributed by atoms with E-state index < -0.39 is 46.8 Å². The summed E-state index contributed by atoms with van der Waals surface area (Å²) in [5, 5.41) is 6.03. The van der Waals surface area contributed by atoms with Gasteiger partial charge in [0.1, 0.15) is 6.33 Å². The van der Waals surface area contributed by atoms with Gasteiger partial charge in [0, 0.05) is 13.2 Å². The molecule has 2 heterocycles. The minimum absolute atomic E-state index is 0. The van der Waals surface area contributed by atoms with E-state index in [1.54, 1.807) is 0 Å². The highest BCUT2D eigenvalue weighted by Gasteiger charge is 2.37. The summed E-state index contributed by atoms with van der Waals surface area (Å²) in [5.74, 6) is -2.29. The molecule has 3 rings (SSSR count). The van der Waals surface area contributed by atoms with E-state index in [0.29, 0.717) is 12.1 Å².